The van der Waals surface area contributed by atoms with E-state index in [2.05, 4.69) is 34.6 Å². The van der Waals surface area contributed by atoms with Crippen molar-refractivity contribution in [3.63, 3.8) is 0 Å². The zero-order chi connectivity index (χ0) is 20.2. The van der Waals surface area contributed by atoms with Crippen LogP contribution in [0.3, 0.4) is 0 Å². The summed E-state index contributed by atoms with van der Waals surface area (Å²) in [6, 6.07) is 7.89. The summed E-state index contributed by atoms with van der Waals surface area (Å²) < 4.78 is 16.4. The van der Waals surface area contributed by atoms with Crippen LogP contribution < -0.4 is 15.4 Å². The Morgan fingerprint density at radius 3 is 2.69 bits per heavy atom. The third-order valence-corrected chi connectivity index (χ3v) is 4.29. The number of nitrogens with zero attached hydrogens (tertiary/aromatic N) is 2. The van der Waals surface area contributed by atoms with Gasteiger partial charge in [0.2, 0.25) is 0 Å². The van der Waals surface area contributed by atoms with Gasteiger partial charge >= 0.3 is 0 Å². The zero-order valence-electron chi connectivity index (χ0n) is 17.8. The van der Waals surface area contributed by atoms with Gasteiger partial charge in [-0.2, -0.15) is 0 Å². The fourth-order valence-electron chi connectivity index (χ4n) is 2.81. The van der Waals surface area contributed by atoms with Gasteiger partial charge in [-0.15, -0.1) is 24.0 Å². The molecule has 7 nitrogen and oxygen atoms in total. The van der Waals surface area contributed by atoms with Gasteiger partial charge < -0.3 is 24.6 Å². The molecule has 1 heterocycles. The highest BCUT2D eigenvalue weighted by molar-refractivity contribution is 14.0. The summed E-state index contributed by atoms with van der Waals surface area (Å²) in [6.45, 7) is 9.33. The van der Waals surface area contributed by atoms with Crippen molar-refractivity contribution in [3.8, 4) is 5.75 Å². The van der Waals surface area contributed by atoms with E-state index in [1.807, 2.05) is 31.2 Å². The van der Waals surface area contributed by atoms with E-state index in [0.29, 0.717) is 26.3 Å². The lowest BCUT2D eigenvalue weighted by Gasteiger charge is -2.12. The van der Waals surface area contributed by atoms with Crippen LogP contribution in [-0.2, 0) is 30.7 Å². The lowest BCUT2D eigenvalue weighted by atomic mass is 10.1. The van der Waals surface area contributed by atoms with Crippen LogP contribution in [0.1, 0.15) is 43.4 Å². The van der Waals surface area contributed by atoms with Crippen molar-refractivity contribution in [2.45, 2.75) is 46.8 Å². The molecule has 2 aromatic rings. The first-order valence-corrected chi connectivity index (χ1v) is 9.90. The monoisotopic (exact) mass is 516 g/mol. The summed E-state index contributed by atoms with van der Waals surface area (Å²) in [6.07, 6.45) is 1.66. The van der Waals surface area contributed by atoms with Gasteiger partial charge in [-0.3, -0.25) is 0 Å². The van der Waals surface area contributed by atoms with Crippen LogP contribution >= 0.6 is 24.0 Å². The van der Waals surface area contributed by atoms with Gasteiger partial charge in [0.25, 0.3) is 0 Å². The lowest BCUT2D eigenvalue weighted by molar-refractivity contribution is 0.125. The molecular formula is C21H33IN4O3. The molecule has 2 rings (SSSR count). The Hall–Kier alpha value is -1.81. The van der Waals surface area contributed by atoms with Crippen LogP contribution in [0.5, 0.6) is 5.75 Å². The van der Waals surface area contributed by atoms with Gasteiger partial charge in [0, 0.05) is 25.1 Å². The van der Waals surface area contributed by atoms with Crippen LogP contribution in [-0.4, -0.2) is 37.9 Å². The number of rotatable bonds is 11. The van der Waals surface area contributed by atoms with Gasteiger partial charge in [-0.25, -0.2) is 4.99 Å². The summed E-state index contributed by atoms with van der Waals surface area (Å²) in [7, 11) is 1.66. The van der Waals surface area contributed by atoms with Gasteiger partial charge in [-0.1, -0.05) is 31.1 Å². The predicted molar refractivity (Wildman–Crippen MR) is 126 cm³/mol. The molecule has 0 radical (unpaired) electrons. The minimum absolute atomic E-state index is 0. The smallest absolute Gasteiger partial charge is 0.191 e. The number of guanidine groups is 1. The summed E-state index contributed by atoms with van der Waals surface area (Å²) in [5.41, 5.74) is 3.17. The molecular weight excluding hydrogens is 483 g/mol. The Morgan fingerprint density at radius 1 is 1.17 bits per heavy atom. The number of halogens is 1. The predicted octanol–water partition coefficient (Wildman–Crippen LogP) is 3.70. The highest BCUT2D eigenvalue weighted by atomic mass is 127. The first-order valence-electron chi connectivity index (χ1n) is 9.90. The highest BCUT2D eigenvalue weighted by Gasteiger charge is 2.13. The molecule has 0 aliphatic heterocycles. The first-order chi connectivity index (χ1) is 13.7. The molecule has 0 amide bonds. The van der Waals surface area contributed by atoms with Crippen LogP contribution in [0.4, 0.5) is 0 Å². The molecule has 0 unspecified atom stereocenters. The van der Waals surface area contributed by atoms with Crippen LogP contribution in [0.2, 0.25) is 0 Å². The maximum Gasteiger partial charge on any atom is 0.191 e. The van der Waals surface area contributed by atoms with Gasteiger partial charge in [0.1, 0.15) is 11.5 Å². The van der Waals surface area contributed by atoms with E-state index < -0.39 is 0 Å². The lowest BCUT2D eigenvalue weighted by Crippen LogP contribution is -2.39. The molecule has 0 aliphatic rings. The van der Waals surface area contributed by atoms with Crippen molar-refractivity contribution in [1.82, 2.24) is 15.8 Å². The van der Waals surface area contributed by atoms with Gasteiger partial charge in [-0.05, 0) is 31.0 Å². The molecule has 0 saturated carbocycles. The van der Waals surface area contributed by atoms with E-state index in [4.69, 9.17) is 14.0 Å². The summed E-state index contributed by atoms with van der Waals surface area (Å²) in [5.74, 6) is 2.52. The maximum absolute atomic E-state index is 5.75. The van der Waals surface area contributed by atoms with E-state index in [-0.39, 0.29) is 24.0 Å². The van der Waals surface area contributed by atoms with Crippen molar-refractivity contribution >= 4 is 29.9 Å². The minimum atomic E-state index is 0. The van der Waals surface area contributed by atoms with Crippen molar-refractivity contribution in [1.29, 1.82) is 0 Å². The Labute approximate surface area is 190 Å². The Balaban J connectivity index is 0.00000420. The normalized spacial score (nSPS) is 11.1. The number of ether oxygens (including phenoxy) is 2. The molecule has 0 aliphatic carbocycles. The fourth-order valence-corrected chi connectivity index (χ4v) is 2.81. The van der Waals surface area contributed by atoms with E-state index in [9.17, 15) is 0 Å². The Morgan fingerprint density at radius 2 is 2.00 bits per heavy atom. The molecule has 2 N–H and O–H groups in total. The van der Waals surface area contributed by atoms with Crippen LogP contribution in [0, 0.1) is 0 Å². The number of hydrogen-bond acceptors (Lipinski definition) is 5. The zero-order valence-corrected chi connectivity index (χ0v) is 20.1. The molecule has 0 atom stereocenters. The third-order valence-electron chi connectivity index (χ3n) is 4.29. The molecule has 1 aromatic heterocycles. The van der Waals surface area contributed by atoms with Crippen LogP contribution in [0.15, 0.2) is 33.8 Å². The number of benzene rings is 1. The SMILES string of the molecule is CCNC(=NCc1c(CC)noc1CC)NCCOCc1cccc(OC)c1.I. The number of hydrogen-bond donors (Lipinski definition) is 2. The number of aromatic nitrogens is 1. The fraction of sp³-hybridized carbons (Fsp3) is 0.524. The number of methoxy groups -OCH3 is 1. The summed E-state index contributed by atoms with van der Waals surface area (Å²) in [4.78, 5) is 4.67. The average molecular weight is 516 g/mol. The molecule has 1 aromatic carbocycles. The number of nitrogens with one attached hydrogen (secondary N) is 2. The quantitative estimate of drug-likeness (QED) is 0.205. The molecule has 0 bridgehead atoms. The molecule has 0 fully saturated rings. The maximum atomic E-state index is 5.75. The van der Waals surface area contributed by atoms with E-state index in [1.165, 1.54) is 0 Å². The van der Waals surface area contributed by atoms with E-state index in [0.717, 1.165) is 53.7 Å². The molecule has 162 valence electrons. The van der Waals surface area contributed by atoms with Crippen LogP contribution in [0.25, 0.3) is 0 Å². The Bertz CT molecular complexity index is 728. The second kappa shape index (κ2) is 14.2. The Kier molecular flexibility index (Phi) is 12.4. The van der Waals surface area contributed by atoms with Gasteiger partial charge in [0.05, 0.1) is 32.6 Å². The first kappa shape index (κ1) is 25.2. The molecule has 0 spiro atoms. The van der Waals surface area contributed by atoms with Crippen molar-refractivity contribution in [2.24, 2.45) is 4.99 Å². The van der Waals surface area contributed by atoms with E-state index >= 15 is 0 Å². The largest absolute Gasteiger partial charge is 0.497 e. The van der Waals surface area contributed by atoms with Crippen molar-refractivity contribution < 1.29 is 14.0 Å². The van der Waals surface area contributed by atoms with E-state index in [1.54, 1.807) is 7.11 Å². The number of aryl methyl sites for hydroxylation is 2. The molecule has 29 heavy (non-hydrogen) atoms. The summed E-state index contributed by atoms with van der Waals surface area (Å²) >= 11 is 0. The topological polar surface area (TPSA) is 80.9 Å². The van der Waals surface area contributed by atoms with Crippen molar-refractivity contribution in [2.75, 3.05) is 26.8 Å². The summed E-state index contributed by atoms with van der Waals surface area (Å²) in [5, 5.41) is 10.7. The molecule has 8 heteroatoms. The highest BCUT2D eigenvalue weighted by Crippen LogP contribution is 2.16. The second-order valence-corrected chi connectivity index (χ2v) is 6.26. The van der Waals surface area contributed by atoms with Crippen molar-refractivity contribution in [3.05, 3.63) is 46.8 Å². The second-order valence-electron chi connectivity index (χ2n) is 6.26. The minimum Gasteiger partial charge on any atom is -0.497 e. The van der Waals surface area contributed by atoms with Gasteiger partial charge in [0.15, 0.2) is 5.96 Å². The average Bonchev–Trinajstić information content (AvgIpc) is 3.13. The molecule has 0 saturated heterocycles. The number of aliphatic imine (C=N–C) groups is 1. The standard InChI is InChI=1S/C21H32N4O3.HI/c1-5-19-18(20(6-2)28-25-19)14-24-21(22-7-3)23-11-12-27-15-16-9-8-10-17(13-16)26-4;/h8-10,13H,5-7,11-12,14-15H2,1-4H3,(H2,22,23,24);1H. The third kappa shape index (κ3) is 8.22.